The van der Waals surface area contributed by atoms with E-state index >= 15 is 0 Å². The van der Waals surface area contributed by atoms with Crippen molar-refractivity contribution in [3.63, 3.8) is 0 Å². The summed E-state index contributed by atoms with van der Waals surface area (Å²) in [4.78, 5) is 4.74. The Morgan fingerprint density at radius 1 is 0.844 bits per heavy atom. The summed E-state index contributed by atoms with van der Waals surface area (Å²) in [5.41, 5.74) is 0.325. The summed E-state index contributed by atoms with van der Waals surface area (Å²) in [5.74, 6) is -0.314. The summed E-state index contributed by atoms with van der Waals surface area (Å²) >= 11 is 0. The number of alkyl halides is 3. The topological polar surface area (TPSA) is 26.7 Å². The average Bonchev–Trinajstić information content (AvgIpc) is 2.79. The molecule has 1 aliphatic carbocycles. The second-order valence-corrected chi connectivity index (χ2v) is 9.40. The maximum atomic E-state index is 13.4. The molecule has 1 N–H and O–H groups in total. The number of aliphatic hydroxyl groups is 1. The van der Waals surface area contributed by atoms with E-state index in [1.54, 1.807) is 6.07 Å². The Kier molecular flexibility index (Phi) is 7.23. The lowest BCUT2D eigenvalue weighted by Gasteiger charge is -2.43. The Bertz CT molecular complexity index is 857. The molecule has 0 aromatic heterocycles. The Labute approximate surface area is 188 Å². The van der Waals surface area contributed by atoms with Crippen LogP contribution in [0.5, 0.6) is 0 Å². The summed E-state index contributed by atoms with van der Waals surface area (Å²) in [5, 5.41) is 11.5. The van der Waals surface area contributed by atoms with Gasteiger partial charge in [-0.3, -0.25) is 4.90 Å². The van der Waals surface area contributed by atoms with Crippen molar-refractivity contribution in [1.29, 1.82) is 0 Å². The first-order valence-electron chi connectivity index (χ1n) is 11.7. The first kappa shape index (κ1) is 23.3. The maximum Gasteiger partial charge on any atom is 0.416 e. The van der Waals surface area contributed by atoms with Crippen molar-refractivity contribution in [2.45, 2.75) is 56.3 Å². The number of hydrogen-bond acceptors (Lipinski definition) is 3. The predicted molar refractivity (Wildman–Crippen MR) is 120 cm³/mol. The Morgan fingerprint density at radius 2 is 1.50 bits per heavy atom. The highest BCUT2D eigenvalue weighted by molar-refractivity contribution is 5.31. The number of hydrogen-bond donors (Lipinski definition) is 1. The molecule has 0 bridgehead atoms. The molecule has 1 saturated carbocycles. The van der Waals surface area contributed by atoms with Crippen molar-refractivity contribution in [1.82, 2.24) is 9.80 Å². The average molecular weight is 447 g/mol. The SMILES string of the molecule is OC1(C(CN2CCN(Cc3ccccc3)CC2)c2cccc(C(F)(F)F)c2)CCCCC1. The lowest BCUT2D eigenvalue weighted by Crippen LogP contribution is -2.50. The van der Waals surface area contributed by atoms with Crippen LogP contribution in [0.25, 0.3) is 0 Å². The van der Waals surface area contributed by atoms with Crippen molar-refractivity contribution in [3.05, 3.63) is 71.3 Å². The van der Waals surface area contributed by atoms with Gasteiger partial charge >= 0.3 is 6.18 Å². The summed E-state index contributed by atoms with van der Waals surface area (Å²) in [6, 6.07) is 16.0. The second-order valence-electron chi connectivity index (χ2n) is 9.40. The molecule has 1 aliphatic heterocycles. The van der Waals surface area contributed by atoms with Crippen LogP contribution in [-0.4, -0.2) is 53.2 Å². The van der Waals surface area contributed by atoms with Crippen LogP contribution in [-0.2, 0) is 12.7 Å². The van der Waals surface area contributed by atoms with Gasteiger partial charge in [0.15, 0.2) is 0 Å². The van der Waals surface area contributed by atoms with Crippen LogP contribution in [0.15, 0.2) is 54.6 Å². The van der Waals surface area contributed by atoms with Gasteiger partial charge in [0.2, 0.25) is 0 Å². The van der Waals surface area contributed by atoms with Crippen molar-refractivity contribution in [2.75, 3.05) is 32.7 Å². The van der Waals surface area contributed by atoms with Crippen LogP contribution in [0.4, 0.5) is 13.2 Å². The number of rotatable bonds is 6. The molecule has 174 valence electrons. The largest absolute Gasteiger partial charge is 0.416 e. The summed E-state index contributed by atoms with van der Waals surface area (Å²) in [6.07, 6.45) is -0.133. The van der Waals surface area contributed by atoms with Gasteiger partial charge in [-0.1, -0.05) is 67.8 Å². The molecule has 2 aromatic carbocycles. The van der Waals surface area contributed by atoms with E-state index in [2.05, 4.69) is 34.1 Å². The monoisotopic (exact) mass is 446 g/mol. The van der Waals surface area contributed by atoms with E-state index in [1.165, 1.54) is 17.7 Å². The molecule has 3 nitrogen and oxygen atoms in total. The molecule has 1 atom stereocenters. The van der Waals surface area contributed by atoms with Gasteiger partial charge in [0.1, 0.15) is 0 Å². The van der Waals surface area contributed by atoms with Gasteiger partial charge in [-0.15, -0.1) is 0 Å². The molecular weight excluding hydrogens is 413 g/mol. The third kappa shape index (κ3) is 5.72. The van der Waals surface area contributed by atoms with Crippen LogP contribution in [0.1, 0.15) is 54.7 Å². The van der Waals surface area contributed by atoms with Crippen molar-refractivity contribution in [3.8, 4) is 0 Å². The molecular formula is C26H33F3N2O. The molecule has 0 spiro atoms. The first-order chi connectivity index (χ1) is 15.3. The van der Waals surface area contributed by atoms with Gasteiger partial charge in [-0.05, 0) is 30.0 Å². The van der Waals surface area contributed by atoms with E-state index in [1.807, 2.05) is 6.07 Å². The van der Waals surface area contributed by atoms with E-state index in [9.17, 15) is 18.3 Å². The van der Waals surface area contributed by atoms with Gasteiger partial charge in [0.05, 0.1) is 11.2 Å². The fourth-order valence-corrected chi connectivity index (χ4v) is 5.26. The Morgan fingerprint density at radius 3 is 2.16 bits per heavy atom. The van der Waals surface area contributed by atoms with Gasteiger partial charge in [0, 0.05) is 45.2 Å². The predicted octanol–water partition coefficient (Wildman–Crippen LogP) is 5.30. The number of nitrogens with zero attached hydrogens (tertiary/aromatic N) is 2. The molecule has 2 aliphatic rings. The highest BCUT2D eigenvalue weighted by Gasteiger charge is 2.41. The van der Waals surface area contributed by atoms with Crippen LogP contribution in [0, 0.1) is 0 Å². The Hall–Kier alpha value is -1.89. The summed E-state index contributed by atoms with van der Waals surface area (Å²) in [7, 11) is 0. The number of halogens is 3. The van der Waals surface area contributed by atoms with Crippen molar-refractivity contribution in [2.24, 2.45) is 0 Å². The molecule has 2 aromatic rings. The minimum atomic E-state index is -4.38. The molecule has 1 unspecified atom stereocenters. The quantitative estimate of drug-likeness (QED) is 0.652. The minimum absolute atomic E-state index is 0.314. The van der Waals surface area contributed by atoms with Gasteiger partial charge < -0.3 is 10.0 Å². The van der Waals surface area contributed by atoms with E-state index in [4.69, 9.17) is 0 Å². The molecule has 1 saturated heterocycles. The lowest BCUT2D eigenvalue weighted by atomic mass is 9.72. The molecule has 4 rings (SSSR count). The lowest BCUT2D eigenvalue weighted by molar-refractivity contribution is -0.137. The van der Waals surface area contributed by atoms with Crippen LogP contribution in [0.2, 0.25) is 0 Å². The van der Waals surface area contributed by atoms with Crippen LogP contribution in [0.3, 0.4) is 0 Å². The fraction of sp³-hybridized carbons (Fsp3) is 0.538. The van der Waals surface area contributed by atoms with Gasteiger partial charge in [0.25, 0.3) is 0 Å². The summed E-state index contributed by atoms with van der Waals surface area (Å²) in [6.45, 7) is 5.06. The van der Waals surface area contributed by atoms with Crippen LogP contribution < -0.4 is 0 Å². The third-order valence-corrected chi connectivity index (χ3v) is 7.14. The third-order valence-electron chi connectivity index (χ3n) is 7.14. The van der Waals surface area contributed by atoms with E-state index in [0.717, 1.165) is 58.1 Å². The zero-order valence-electron chi connectivity index (χ0n) is 18.5. The highest BCUT2D eigenvalue weighted by Crippen LogP contribution is 2.42. The zero-order valence-corrected chi connectivity index (χ0v) is 18.5. The minimum Gasteiger partial charge on any atom is -0.389 e. The molecule has 0 amide bonds. The number of piperazine rings is 1. The van der Waals surface area contributed by atoms with E-state index < -0.39 is 17.3 Å². The molecule has 32 heavy (non-hydrogen) atoms. The van der Waals surface area contributed by atoms with E-state index in [-0.39, 0.29) is 5.92 Å². The first-order valence-corrected chi connectivity index (χ1v) is 11.7. The standard InChI is InChI=1S/C26H33F3N2O/c27-26(28,29)23-11-7-10-22(18-23)24(25(32)12-5-2-6-13-25)20-31-16-14-30(15-17-31)19-21-8-3-1-4-9-21/h1,3-4,7-11,18,24,32H,2,5-6,12-17,19-20H2. The Balaban J connectivity index is 1.47. The maximum absolute atomic E-state index is 13.4. The molecule has 6 heteroatoms. The van der Waals surface area contributed by atoms with Crippen molar-refractivity contribution < 1.29 is 18.3 Å². The van der Waals surface area contributed by atoms with Crippen LogP contribution >= 0.6 is 0 Å². The van der Waals surface area contributed by atoms with E-state index in [0.29, 0.717) is 24.9 Å². The normalized spacial score (nSPS) is 21.4. The highest BCUT2D eigenvalue weighted by atomic mass is 19.4. The van der Waals surface area contributed by atoms with Gasteiger partial charge in [-0.25, -0.2) is 0 Å². The number of benzene rings is 2. The second kappa shape index (κ2) is 9.94. The smallest absolute Gasteiger partial charge is 0.389 e. The van der Waals surface area contributed by atoms with Gasteiger partial charge in [-0.2, -0.15) is 13.2 Å². The molecule has 1 heterocycles. The van der Waals surface area contributed by atoms with Crippen molar-refractivity contribution >= 4 is 0 Å². The summed E-state index contributed by atoms with van der Waals surface area (Å²) < 4.78 is 40.1. The molecule has 0 radical (unpaired) electrons. The molecule has 2 fully saturated rings. The fourth-order valence-electron chi connectivity index (χ4n) is 5.26. The zero-order chi connectivity index (χ0) is 22.6.